The summed E-state index contributed by atoms with van der Waals surface area (Å²) in [6.45, 7) is 11.0. The van der Waals surface area contributed by atoms with Gasteiger partial charge >= 0.3 is 0 Å². The van der Waals surface area contributed by atoms with E-state index in [0.717, 1.165) is 30.5 Å². The van der Waals surface area contributed by atoms with Crippen LogP contribution in [0.2, 0.25) is 0 Å². The molecule has 0 heterocycles. The highest BCUT2D eigenvalue weighted by atomic mass is 32.2. The van der Waals surface area contributed by atoms with Crippen LogP contribution in [0.15, 0.2) is 23.1 Å². The fourth-order valence-electron chi connectivity index (χ4n) is 2.41. The molecule has 2 unspecified atom stereocenters. The molecule has 1 rings (SSSR count). The van der Waals surface area contributed by atoms with Crippen LogP contribution in [0.5, 0.6) is 0 Å². The Morgan fingerprint density at radius 3 is 2.43 bits per heavy atom. The SMILES string of the molecule is CCCNC(CS(=O)(=O)c1cc(C)ccc1C)C(C)CC. The molecule has 0 saturated carbocycles. The normalized spacial score (nSPS) is 14.9. The van der Waals surface area contributed by atoms with Gasteiger partial charge in [0.1, 0.15) is 0 Å². The van der Waals surface area contributed by atoms with E-state index in [4.69, 9.17) is 0 Å². The first kappa shape index (κ1) is 18.2. The molecule has 0 bridgehead atoms. The summed E-state index contributed by atoms with van der Waals surface area (Å²) in [5.41, 5.74) is 1.82. The highest BCUT2D eigenvalue weighted by Gasteiger charge is 2.25. The van der Waals surface area contributed by atoms with Crippen molar-refractivity contribution < 1.29 is 8.42 Å². The fourth-order valence-corrected chi connectivity index (χ4v) is 4.43. The Hall–Kier alpha value is -0.870. The third-order valence-corrected chi connectivity index (χ3v) is 5.97. The number of rotatable bonds is 8. The van der Waals surface area contributed by atoms with Crippen LogP contribution in [-0.4, -0.2) is 26.8 Å². The Labute approximate surface area is 130 Å². The summed E-state index contributed by atoms with van der Waals surface area (Å²) in [5, 5.41) is 3.40. The molecule has 21 heavy (non-hydrogen) atoms. The zero-order chi connectivity index (χ0) is 16.0. The third kappa shape index (κ3) is 5.11. The smallest absolute Gasteiger partial charge is 0.180 e. The Morgan fingerprint density at radius 1 is 1.19 bits per heavy atom. The van der Waals surface area contributed by atoms with Crippen molar-refractivity contribution in [2.45, 2.75) is 58.4 Å². The summed E-state index contributed by atoms with van der Waals surface area (Å²) >= 11 is 0. The zero-order valence-corrected chi connectivity index (χ0v) is 14.8. The molecule has 0 saturated heterocycles. The molecule has 1 N–H and O–H groups in total. The van der Waals surface area contributed by atoms with Gasteiger partial charge in [0.25, 0.3) is 0 Å². The second-order valence-corrected chi connectivity index (χ2v) is 8.00. The van der Waals surface area contributed by atoms with E-state index in [-0.39, 0.29) is 11.8 Å². The first-order chi connectivity index (χ1) is 9.81. The molecule has 0 aliphatic carbocycles. The zero-order valence-electron chi connectivity index (χ0n) is 13.9. The minimum absolute atomic E-state index is 0.0138. The van der Waals surface area contributed by atoms with Gasteiger partial charge in [0, 0.05) is 6.04 Å². The minimum atomic E-state index is -3.26. The van der Waals surface area contributed by atoms with E-state index < -0.39 is 9.84 Å². The fraction of sp³-hybridized carbons (Fsp3) is 0.647. The van der Waals surface area contributed by atoms with E-state index in [1.807, 2.05) is 26.0 Å². The topological polar surface area (TPSA) is 46.2 Å². The summed E-state index contributed by atoms with van der Waals surface area (Å²) in [6.07, 6.45) is 1.99. The number of hydrogen-bond donors (Lipinski definition) is 1. The molecule has 120 valence electrons. The van der Waals surface area contributed by atoms with Crippen molar-refractivity contribution in [2.75, 3.05) is 12.3 Å². The van der Waals surface area contributed by atoms with Gasteiger partial charge < -0.3 is 5.32 Å². The van der Waals surface area contributed by atoms with Crippen LogP contribution in [-0.2, 0) is 9.84 Å². The van der Waals surface area contributed by atoms with Crippen molar-refractivity contribution in [2.24, 2.45) is 5.92 Å². The first-order valence-electron chi connectivity index (χ1n) is 7.85. The molecule has 0 aliphatic heterocycles. The van der Waals surface area contributed by atoms with Gasteiger partial charge in [-0.3, -0.25) is 0 Å². The van der Waals surface area contributed by atoms with E-state index in [1.54, 1.807) is 6.07 Å². The van der Waals surface area contributed by atoms with Gasteiger partial charge in [-0.15, -0.1) is 0 Å². The summed E-state index contributed by atoms with van der Waals surface area (Å²) in [5.74, 6) is 0.517. The number of hydrogen-bond acceptors (Lipinski definition) is 3. The molecule has 0 fully saturated rings. The lowest BCUT2D eigenvalue weighted by Crippen LogP contribution is -2.41. The monoisotopic (exact) mass is 311 g/mol. The predicted molar refractivity (Wildman–Crippen MR) is 89.5 cm³/mol. The van der Waals surface area contributed by atoms with Crippen LogP contribution in [0, 0.1) is 19.8 Å². The Bertz CT molecular complexity index is 552. The van der Waals surface area contributed by atoms with Crippen LogP contribution in [0.3, 0.4) is 0 Å². The molecule has 0 aromatic heterocycles. The van der Waals surface area contributed by atoms with Crippen molar-refractivity contribution in [3.63, 3.8) is 0 Å². The van der Waals surface area contributed by atoms with E-state index in [9.17, 15) is 8.42 Å². The van der Waals surface area contributed by atoms with E-state index >= 15 is 0 Å². The molecule has 0 amide bonds. The lowest BCUT2D eigenvalue weighted by molar-refractivity contribution is 0.391. The van der Waals surface area contributed by atoms with Crippen LogP contribution >= 0.6 is 0 Å². The van der Waals surface area contributed by atoms with Gasteiger partial charge in [-0.25, -0.2) is 8.42 Å². The first-order valence-corrected chi connectivity index (χ1v) is 9.50. The molecule has 0 spiro atoms. The van der Waals surface area contributed by atoms with Crippen molar-refractivity contribution in [1.29, 1.82) is 0 Å². The average Bonchev–Trinajstić information content (AvgIpc) is 2.44. The van der Waals surface area contributed by atoms with E-state index in [2.05, 4.69) is 26.1 Å². The van der Waals surface area contributed by atoms with Crippen molar-refractivity contribution in [3.8, 4) is 0 Å². The predicted octanol–water partition coefficient (Wildman–Crippen LogP) is 3.49. The maximum absolute atomic E-state index is 12.8. The van der Waals surface area contributed by atoms with Gasteiger partial charge in [0.05, 0.1) is 10.6 Å². The Balaban J connectivity index is 3.02. The number of benzene rings is 1. The molecule has 1 aromatic rings. The number of nitrogens with one attached hydrogen (secondary N) is 1. The van der Waals surface area contributed by atoms with Gasteiger partial charge in [0.2, 0.25) is 0 Å². The summed E-state index contributed by atoms with van der Waals surface area (Å²) < 4.78 is 25.5. The lowest BCUT2D eigenvalue weighted by atomic mass is 10.0. The van der Waals surface area contributed by atoms with Crippen LogP contribution < -0.4 is 5.32 Å². The maximum Gasteiger partial charge on any atom is 0.180 e. The van der Waals surface area contributed by atoms with Crippen molar-refractivity contribution >= 4 is 9.84 Å². The molecule has 3 nitrogen and oxygen atoms in total. The van der Waals surface area contributed by atoms with E-state index in [1.165, 1.54) is 0 Å². The molecular formula is C17H29NO2S. The largest absolute Gasteiger partial charge is 0.313 e. The van der Waals surface area contributed by atoms with Crippen LogP contribution in [0.25, 0.3) is 0 Å². The van der Waals surface area contributed by atoms with Gasteiger partial charge in [-0.1, -0.05) is 39.3 Å². The molecule has 1 aromatic carbocycles. The second kappa shape index (κ2) is 7.95. The van der Waals surface area contributed by atoms with Crippen LogP contribution in [0.4, 0.5) is 0 Å². The Morgan fingerprint density at radius 2 is 1.86 bits per heavy atom. The van der Waals surface area contributed by atoms with Gasteiger partial charge in [-0.2, -0.15) is 0 Å². The van der Waals surface area contributed by atoms with E-state index in [0.29, 0.717) is 10.8 Å². The second-order valence-electron chi connectivity index (χ2n) is 6.00. The standard InChI is InChI=1S/C17H29NO2S/c1-6-10-18-16(14(4)7-2)12-21(19,20)17-11-13(3)8-9-15(17)5/h8-9,11,14,16,18H,6-7,10,12H2,1-5H3. The van der Waals surface area contributed by atoms with Gasteiger partial charge in [0.15, 0.2) is 9.84 Å². The molecule has 0 aliphatic rings. The van der Waals surface area contributed by atoms with Crippen LogP contribution in [0.1, 0.15) is 44.7 Å². The summed E-state index contributed by atoms with van der Waals surface area (Å²) in [4.78, 5) is 0.481. The summed E-state index contributed by atoms with van der Waals surface area (Å²) in [6, 6.07) is 5.65. The average molecular weight is 311 g/mol. The van der Waals surface area contributed by atoms with Crippen molar-refractivity contribution in [3.05, 3.63) is 29.3 Å². The van der Waals surface area contributed by atoms with Crippen molar-refractivity contribution in [1.82, 2.24) is 5.32 Å². The molecule has 4 heteroatoms. The quantitative estimate of drug-likeness (QED) is 0.799. The molecule has 2 atom stereocenters. The number of aryl methyl sites for hydroxylation is 2. The lowest BCUT2D eigenvalue weighted by Gasteiger charge is -2.24. The minimum Gasteiger partial charge on any atom is -0.313 e. The highest BCUT2D eigenvalue weighted by Crippen LogP contribution is 2.21. The molecular weight excluding hydrogens is 282 g/mol. The highest BCUT2D eigenvalue weighted by molar-refractivity contribution is 7.91. The van der Waals surface area contributed by atoms with Gasteiger partial charge in [-0.05, 0) is 49.9 Å². The maximum atomic E-state index is 12.8. The third-order valence-electron chi connectivity index (χ3n) is 4.07. The number of sulfone groups is 1. The Kier molecular flexibility index (Phi) is 6.88. The molecule has 0 radical (unpaired) electrons. The summed E-state index contributed by atoms with van der Waals surface area (Å²) in [7, 11) is -3.26.